The lowest BCUT2D eigenvalue weighted by Gasteiger charge is -2.05. The second kappa shape index (κ2) is 6.69. The Bertz CT molecular complexity index is 520. The number of benzene rings is 1. The quantitative estimate of drug-likeness (QED) is 0.832. The molecule has 0 atom stereocenters. The molecule has 2 aromatic rings. The first kappa shape index (κ1) is 13.3. The standard InChI is InChI=1S/C16H18N2O/c1-2-3-11-18-16(19)14-9-7-13(8-10-14)15-6-4-5-12-17-15/h4-10,12H,2-3,11H2,1H3,(H,18,19). The third-order valence-electron chi connectivity index (χ3n) is 2.92. The lowest BCUT2D eigenvalue weighted by Crippen LogP contribution is -2.24. The highest BCUT2D eigenvalue weighted by atomic mass is 16.1. The number of nitrogens with zero attached hydrogens (tertiary/aromatic N) is 1. The van der Waals surface area contributed by atoms with Crippen LogP contribution in [0.1, 0.15) is 30.1 Å². The van der Waals surface area contributed by atoms with Crippen LogP contribution in [0.15, 0.2) is 48.7 Å². The van der Waals surface area contributed by atoms with E-state index < -0.39 is 0 Å². The van der Waals surface area contributed by atoms with E-state index >= 15 is 0 Å². The third-order valence-corrected chi connectivity index (χ3v) is 2.92. The number of carbonyl (C=O) groups is 1. The van der Waals surface area contributed by atoms with Crippen LogP contribution < -0.4 is 5.32 Å². The predicted octanol–water partition coefficient (Wildman–Crippen LogP) is 3.28. The van der Waals surface area contributed by atoms with Gasteiger partial charge in [0.05, 0.1) is 5.69 Å². The number of unbranched alkanes of at least 4 members (excludes halogenated alkanes) is 1. The van der Waals surface area contributed by atoms with Crippen molar-refractivity contribution in [1.29, 1.82) is 0 Å². The van der Waals surface area contributed by atoms with Crippen molar-refractivity contribution in [3.05, 3.63) is 54.2 Å². The van der Waals surface area contributed by atoms with Gasteiger partial charge in [-0.3, -0.25) is 9.78 Å². The SMILES string of the molecule is CCCCNC(=O)c1ccc(-c2ccccn2)cc1. The molecule has 0 aliphatic rings. The zero-order valence-electron chi connectivity index (χ0n) is 11.1. The Morgan fingerprint density at radius 2 is 1.95 bits per heavy atom. The molecule has 0 aliphatic carbocycles. The van der Waals surface area contributed by atoms with Gasteiger partial charge in [0.2, 0.25) is 0 Å². The van der Waals surface area contributed by atoms with Gasteiger partial charge < -0.3 is 5.32 Å². The minimum Gasteiger partial charge on any atom is -0.352 e. The van der Waals surface area contributed by atoms with Gasteiger partial charge in [0.1, 0.15) is 0 Å². The van der Waals surface area contributed by atoms with Crippen LogP contribution in [0.25, 0.3) is 11.3 Å². The molecular formula is C16H18N2O. The van der Waals surface area contributed by atoms with E-state index in [1.807, 2.05) is 42.5 Å². The summed E-state index contributed by atoms with van der Waals surface area (Å²) < 4.78 is 0. The maximum atomic E-state index is 11.8. The number of nitrogens with one attached hydrogen (secondary N) is 1. The zero-order chi connectivity index (χ0) is 13.5. The van der Waals surface area contributed by atoms with E-state index in [0.29, 0.717) is 5.56 Å². The fraction of sp³-hybridized carbons (Fsp3) is 0.250. The Hall–Kier alpha value is -2.16. The molecule has 0 aliphatic heterocycles. The molecule has 0 spiro atoms. The largest absolute Gasteiger partial charge is 0.352 e. The van der Waals surface area contributed by atoms with Crippen LogP contribution in [0.4, 0.5) is 0 Å². The van der Waals surface area contributed by atoms with E-state index in [-0.39, 0.29) is 5.91 Å². The summed E-state index contributed by atoms with van der Waals surface area (Å²) in [6.45, 7) is 2.84. The van der Waals surface area contributed by atoms with Crippen molar-refractivity contribution in [2.45, 2.75) is 19.8 Å². The fourth-order valence-electron chi connectivity index (χ4n) is 1.81. The maximum Gasteiger partial charge on any atom is 0.251 e. The first-order chi connectivity index (χ1) is 9.31. The van der Waals surface area contributed by atoms with E-state index in [1.54, 1.807) is 6.20 Å². The molecule has 1 N–H and O–H groups in total. The Kier molecular flexibility index (Phi) is 4.67. The highest BCUT2D eigenvalue weighted by Crippen LogP contribution is 2.16. The predicted molar refractivity (Wildman–Crippen MR) is 76.9 cm³/mol. The molecule has 3 nitrogen and oxygen atoms in total. The molecule has 1 amide bonds. The van der Waals surface area contributed by atoms with Gasteiger partial charge in [-0.25, -0.2) is 0 Å². The Labute approximate surface area is 113 Å². The van der Waals surface area contributed by atoms with Gasteiger partial charge in [-0.2, -0.15) is 0 Å². The smallest absolute Gasteiger partial charge is 0.251 e. The summed E-state index contributed by atoms with van der Waals surface area (Å²) in [7, 11) is 0. The van der Waals surface area contributed by atoms with Crippen molar-refractivity contribution in [1.82, 2.24) is 10.3 Å². The molecule has 98 valence electrons. The third kappa shape index (κ3) is 3.65. The minimum atomic E-state index is -0.0129. The Morgan fingerprint density at radius 3 is 2.58 bits per heavy atom. The van der Waals surface area contributed by atoms with Gasteiger partial charge >= 0.3 is 0 Å². The zero-order valence-corrected chi connectivity index (χ0v) is 11.1. The Morgan fingerprint density at radius 1 is 1.16 bits per heavy atom. The lowest BCUT2D eigenvalue weighted by molar-refractivity contribution is 0.0953. The van der Waals surface area contributed by atoms with Crippen LogP contribution in [0.3, 0.4) is 0 Å². The number of hydrogen-bond donors (Lipinski definition) is 1. The molecule has 0 saturated heterocycles. The van der Waals surface area contributed by atoms with Gasteiger partial charge in [0.25, 0.3) is 5.91 Å². The van der Waals surface area contributed by atoms with E-state index in [4.69, 9.17) is 0 Å². The van der Waals surface area contributed by atoms with Gasteiger partial charge in [-0.05, 0) is 30.7 Å². The van der Waals surface area contributed by atoms with Crippen LogP contribution in [0.2, 0.25) is 0 Å². The highest BCUT2D eigenvalue weighted by molar-refractivity contribution is 5.94. The van der Waals surface area contributed by atoms with Crippen molar-refractivity contribution in [3.63, 3.8) is 0 Å². The second-order valence-electron chi connectivity index (χ2n) is 4.40. The average Bonchev–Trinajstić information content (AvgIpc) is 2.48. The summed E-state index contributed by atoms with van der Waals surface area (Å²) in [5.74, 6) is -0.0129. The number of rotatable bonds is 5. The van der Waals surface area contributed by atoms with Gasteiger partial charge in [-0.1, -0.05) is 31.5 Å². The van der Waals surface area contributed by atoms with Crippen molar-refractivity contribution in [2.24, 2.45) is 0 Å². The number of amides is 1. The maximum absolute atomic E-state index is 11.8. The van der Waals surface area contributed by atoms with Crippen LogP contribution in [-0.2, 0) is 0 Å². The molecule has 19 heavy (non-hydrogen) atoms. The molecule has 0 unspecified atom stereocenters. The molecule has 0 fully saturated rings. The number of hydrogen-bond acceptors (Lipinski definition) is 2. The first-order valence-corrected chi connectivity index (χ1v) is 6.61. The highest BCUT2D eigenvalue weighted by Gasteiger charge is 2.05. The molecule has 1 aromatic carbocycles. The second-order valence-corrected chi connectivity index (χ2v) is 4.40. The molecule has 1 heterocycles. The molecule has 3 heteroatoms. The molecule has 2 rings (SSSR count). The number of pyridine rings is 1. The monoisotopic (exact) mass is 254 g/mol. The van der Waals surface area contributed by atoms with Crippen LogP contribution in [-0.4, -0.2) is 17.4 Å². The van der Waals surface area contributed by atoms with E-state index in [0.717, 1.165) is 30.6 Å². The van der Waals surface area contributed by atoms with E-state index in [2.05, 4.69) is 17.2 Å². The fourth-order valence-corrected chi connectivity index (χ4v) is 1.81. The summed E-state index contributed by atoms with van der Waals surface area (Å²) in [6.07, 6.45) is 3.86. The van der Waals surface area contributed by atoms with Gasteiger partial charge in [-0.15, -0.1) is 0 Å². The molecule has 0 saturated carbocycles. The van der Waals surface area contributed by atoms with Gasteiger partial charge in [0, 0.05) is 23.9 Å². The number of aromatic nitrogens is 1. The van der Waals surface area contributed by atoms with Crippen LogP contribution in [0, 0.1) is 0 Å². The van der Waals surface area contributed by atoms with Crippen LogP contribution >= 0.6 is 0 Å². The summed E-state index contributed by atoms with van der Waals surface area (Å²) in [4.78, 5) is 16.1. The van der Waals surface area contributed by atoms with Crippen molar-refractivity contribution in [3.8, 4) is 11.3 Å². The van der Waals surface area contributed by atoms with Crippen molar-refractivity contribution < 1.29 is 4.79 Å². The summed E-state index contributed by atoms with van der Waals surface area (Å²) in [6, 6.07) is 13.3. The van der Waals surface area contributed by atoms with E-state index in [1.165, 1.54) is 0 Å². The summed E-state index contributed by atoms with van der Waals surface area (Å²) in [5, 5.41) is 2.90. The topological polar surface area (TPSA) is 42.0 Å². The normalized spacial score (nSPS) is 10.2. The lowest BCUT2D eigenvalue weighted by atomic mass is 10.1. The Balaban J connectivity index is 2.04. The molecule has 0 radical (unpaired) electrons. The molecular weight excluding hydrogens is 236 g/mol. The molecule has 1 aromatic heterocycles. The van der Waals surface area contributed by atoms with Crippen LogP contribution in [0.5, 0.6) is 0 Å². The summed E-state index contributed by atoms with van der Waals surface area (Å²) >= 11 is 0. The van der Waals surface area contributed by atoms with E-state index in [9.17, 15) is 4.79 Å². The van der Waals surface area contributed by atoms with Crippen molar-refractivity contribution >= 4 is 5.91 Å². The minimum absolute atomic E-state index is 0.0129. The first-order valence-electron chi connectivity index (χ1n) is 6.61. The van der Waals surface area contributed by atoms with Crippen molar-refractivity contribution in [2.75, 3.05) is 6.54 Å². The summed E-state index contributed by atoms with van der Waals surface area (Å²) in [5.41, 5.74) is 2.63. The van der Waals surface area contributed by atoms with Gasteiger partial charge in [0.15, 0.2) is 0 Å². The molecule has 0 bridgehead atoms. The number of carbonyl (C=O) groups excluding carboxylic acids is 1. The average molecular weight is 254 g/mol.